The summed E-state index contributed by atoms with van der Waals surface area (Å²) in [5.41, 5.74) is 0. The van der Waals surface area contributed by atoms with Crippen molar-refractivity contribution in [1.29, 1.82) is 0 Å². The molecule has 0 aliphatic heterocycles. The van der Waals surface area contributed by atoms with E-state index in [0.717, 1.165) is 77.0 Å². The van der Waals surface area contributed by atoms with E-state index in [0.29, 0.717) is 19.3 Å². The number of esters is 3. The molecule has 6 nitrogen and oxygen atoms in total. The number of ether oxygens (including phenoxy) is 3. The largest absolute Gasteiger partial charge is 0.462 e. The van der Waals surface area contributed by atoms with E-state index in [-0.39, 0.29) is 37.5 Å². The topological polar surface area (TPSA) is 78.9 Å². The Balaban J connectivity index is 4.39. The molecule has 0 rings (SSSR count). The Labute approximate surface area is 503 Å². The zero-order chi connectivity index (χ0) is 58.5. The molecule has 0 spiro atoms. The molecular formula is C75H132O6. The van der Waals surface area contributed by atoms with Gasteiger partial charge in [-0.15, -0.1) is 0 Å². The lowest BCUT2D eigenvalue weighted by Crippen LogP contribution is -2.30. The second-order valence-electron chi connectivity index (χ2n) is 23.4. The Bertz CT molecular complexity index is 1530. The van der Waals surface area contributed by atoms with Crippen molar-refractivity contribution in [3.8, 4) is 0 Å². The van der Waals surface area contributed by atoms with Crippen LogP contribution in [0.5, 0.6) is 0 Å². The Hall–Kier alpha value is -3.41. The molecule has 6 heteroatoms. The maximum absolute atomic E-state index is 12.9. The molecule has 0 radical (unpaired) electrons. The highest BCUT2D eigenvalue weighted by molar-refractivity contribution is 5.71. The number of allylic oxidation sites excluding steroid dienone is 14. The van der Waals surface area contributed by atoms with Crippen LogP contribution in [0.15, 0.2) is 85.1 Å². The first-order valence-electron chi connectivity index (χ1n) is 35.1. The third-order valence-corrected chi connectivity index (χ3v) is 15.4. The van der Waals surface area contributed by atoms with Gasteiger partial charge in [-0.1, -0.05) is 337 Å². The lowest BCUT2D eigenvalue weighted by atomic mass is 10.0. The Kier molecular flexibility index (Phi) is 66.2. The van der Waals surface area contributed by atoms with Crippen molar-refractivity contribution in [2.24, 2.45) is 0 Å². The summed E-state index contributed by atoms with van der Waals surface area (Å²) in [6.45, 7) is 6.52. The van der Waals surface area contributed by atoms with Gasteiger partial charge in [0.2, 0.25) is 0 Å². The molecule has 0 aromatic carbocycles. The number of carbonyl (C=O) groups is 3. The van der Waals surface area contributed by atoms with Gasteiger partial charge in [-0.3, -0.25) is 14.4 Å². The lowest BCUT2D eigenvalue weighted by Gasteiger charge is -2.18. The first-order chi connectivity index (χ1) is 40.0. The minimum Gasteiger partial charge on any atom is -0.462 e. The fourth-order valence-electron chi connectivity index (χ4n) is 10.2. The zero-order valence-corrected chi connectivity index (χ0v) is 53.8. The third-order valence-electron chi connectivity index (χ3n) is 15.4. The van der Waals surface area contributed by atoms with Gasteiger partial charge in [0, 0.05) is 19.3 Å². The standard InChI is InChI=1S/C75H132O6/c1-4-7-10-13-16-19-22-25-28-31-34-35-36-37-38-39-42-44-47-50-53-56-59-62-65-68-74(77)80-71-72(81-75(78)69-66-63-60-57-54-51-48-45-41-33-30-27-24-21-18-15-12-9-6-3)70-79-73(76)67-64-61-58-55-52-49-46-43-40-32-29-26-23-20-17-14-11-8-5-2/h9,12,18,21,26-27,29-30,41,45,51,54,60,63,72H,4-8,10-11,13-17,19-20,22-25,28,31-40,42-44,46-50,52-53,55-59,61-62,64-71H2,1-3H3/b12-9-,21-18-,29-26-,30-27-,45-41-,54-51-,63-60-. The normalized spacial score (nSPS) is 12.6. The summed E-state index contributed by atoms with van der Waals surface area (Å²) in [5, 5.41) is 0. The number of unbranched alkanes of at least 4 members (excludes halogenated alkanes) is 39. The number of hydrogen-bond donors (Lipinski definition) is 0. The van der Waals surface area contributed by atoms with E-state index >= 15 is 0 Å². The molecule has 0 heterocycles. The van der Waals surface area contributed by atoms with Crippen LogP contribution in [0.25, 0.3) is 0 Å². The zero-order valence-electron chi connectivity index (χ0n) is 53.8. The maximum Gasteiger partial charge on any atom is 0.306 e. The first kappa shape index (κ1) is 77.6. The number of carbonyl (C=O) groups excluding carboxylic acids is 3. The van der Waals surface area contributed by atoms with Crippen molar-refractivity contribution in [3.63, 3.8) is 0 Å². The molecule has 0 aliphatic rings. The molecule has 1 unspecified atom stereocenters. The van der Waals surface area contributed by atoms with Gasteiger partial charge in [0.1, 0.15) is 13.2 Å². The van der Waals surface area contributed by atoms with E-state index in [9.17, 15) is 14.4 Å². The number of rotatable bonds is 64. The van der Waals surface area contributed by atoms with Crippen molar-refractivity contribution in [2.75, 3.05) is 13.2 Å². The quantitative estimate of drug-likeness (QED) is 0.0261. The monoisotopic (exact) mass is 1130 g/mol. The van der Waals surface area contributed by atoms with Crippen LogP contribution in [0.2, 0.25) is 0 Å². The van der Waals surface area contributed by atoms with Crippen molar-refractivity contribution in [2.45, 2.75) is 361 Å². The second kappa shape index (κ2) is 69.1. The van der Waals surface area contributed by atoms with E-state index in [1.165, 1.54) is 231 Å². The molecule has 81 heavy (non-hydrogen) atoms. The molecule has 0 aliphatic carbocycles. The minimum atomic E-state index is -0.819. The van der Waals surface area contributed by atoms with Crippen molar-refractivity contribution in [3.05, 3.63) is 85.1 Å². The van der Waals surface area contributed by atoms with Gasteiger partial charge in [0.25, 0.3) is 0 Å². The summed E-state index contributed by atoms with van der Waals surface area (Å²) in [6, 6.07) is 0. The Morgan fingerprint density at radius 3 is 0.802 bits per heavy atom. The van der Waals surface area contributed by atoms with Crippen LogP contribution in [0.4, 0.5) is 0 Å². The molecule has 0 saturated heterocycles. The van der Waals surface area contributed by atoms with Gasteiger partial charge < -0.3 is 14.2 Å². The average molecular weight is 1130 g/mol. The second-order valence-corrected chi connectivity index (χ2v) is 23.4. The van der Waals surface area contributed by atoms with E-state index in [2.05, 4.69) is 99.8 Å². The lowest BCUT2D eigenvalue weighted by molar-refractivity contribution is -0.166. The summed E-state index contributed by atoms with van der Waals surface area (Å²) in [7, 11) is 0. The minimum absolute atomic E-state index is 0.104. The Morgan fingerprint density at radius 1 is 0.259 bits per heavy atom. The van der Waals surface area contributed by atoms with Crippen molar-refractivity contribution in [1.82, 2.24) is 0 Å². The predicted octanol–water partition coefficient (Wildman–Crippen LogP) is 24.2. The molecule has 1 atom stereocenters. The molecule has 0 saturated carbocycles. The molecule has 0 aromatic rings. The fraction of sp³-hybridized carbons (Fsp3) is 0.773. The van der Waals surface area contributed by atoms with Gasteiger partial charge >= 0.3 is 17.9 Å². The maximum atomic E-state index is 12.9. The summed E-state index contributed by atoms with van der Waals surface area (Å²) >= 11 is 0. The summed E-state index contributed by atoms with van der Waals surface area (Å²) in [6.07, 6.45) is 92.0. The highest BCUT2D eigenvalue weighted by Gasteiger charge is 2.19. The summed E-state index contributed by atoms with van der Waals surface area (Å²) in [5.74, 6) is -0.972. The van der Waals surface area contributed by atoms with Gasteiger partial charge in [-0.25, -0.2) is 0 Å². The highest BCUT2D eigenvalue weighted by Crippen LogP contribution is 2.18. The predicted molar refractivity (Wildman–Crippen MR) is 353 cm³/mol. The van der Waals surface area contributed by atoms with Gasteiger partial charge in [-0.05, 0) is 83.5 Å². The van der Waals surface area contributed by atoms with Crippen LogP contribution in [-0.2, 0) is 28.6 Å². The van der Waals surface area contributed by atoms with Crippen molar-refractivity contribution < 1.29 is 28.6 Å². The van der Waals surface area contributed by atoms with E-state index in [1.807, 2.05) is 6.08 Å². The molecule has 468 valence electrons. The molecule has 0 fully saturated rings. The van der Waals surface area contributed by atoms with Crippen molar-refractivity contribution >= 4 is 17.9 Å². The van der Waals surface area contributed by atoms with E-state index in [1.54, 1.807) is 0 Å². The summed E-state index contributed by atoms with van der Waals surface area (Å²) < 4.78 is 16.9. The Morgan fingerprint density at radius 2 is 0.506 bits per heavy atom. The van der Waals surface area contributed by atoms with Crippen LogP contribution in [0.3, 0.4) is 0 Å². The van der Waals surface area contributed by atoms with Crippen LogP contribution < -0.4 is 0 Å². The molecule has 0 aromatic heterocycles. The molecule has 0 amide bonds. The molecule has 0 bridgehead atoms. The van der Waals surface area contributed by atoms with Gasteiger partial charge in [0.15, 0.2) is 6.10 Å². The first-order valence-corrected chi connectivity index (χ1v) is 35.1. The van der Waals surface area contributed by atoms with Crippen LogP contribution >= 0.6 is 0 Å². The van der Waals surface area contributed by atoms with Gasteiger partial charge in [-0.2, -0.15) is 0 Å². The fourth-order valence-corrected chi connectivity index (χ4v) is 10.2. The smallest absolute Gasteiger partial charge is 0.306 e. The average Bonchev–Trinajstić information content (AvgIpc) is 3.47. The van der Waals surface area contributed by atoms with E-state index in [4.69, 9.17) is 14.2 Å². The summed E-state index contributed by atoms with van der Waals surface area (Å²) in [4.78, 5) is 38.4. The SMILES string of the molecule is CC/C=C\C/C=C\C/C=C\C/C=C\C/C=C\C/C=C\CCC(=O)OC(COC(=O)CCCCCCCCCCC/C=C\CCCCCCCC)COC(=O)CCCCCCCCCCCCCCCCCCCCCCCCCCC. The molecular weight excluding hydrogens is 997 g/mol. The molecule has 0 N–H and O–H groups in total. The van der Waals surface area contributed by atoms with E-state index < -0.39 is 6.10 Å². The number of hydrogen-bond acceptors (Lipinski definition) is 6. The highest BCUT2D eigenvalue weighted by atomic mass is 16.6. The van der Waals surface area contributed by atoms with Gasteiger partial charge in [0.05, 0.1) is 0 Å². The van der Waals surface area contributed by atoms with Crippen LogP contribution in [-0.4, -0.2) is 37.2 Å². The van der Waals surface area contributed by atoms with Crippen LogP contribution in [0.1, 0.15) is 355 Å². The van der Waals surface area contributed by atoms with Crippen LogP contribution in [0, 0.1) is 0 Å². The third kappa shape index (κ3) is 67.3.